The molecule has 0 aromatic carbocycles. The molecule has 0 atom stereocenters. The van der Waals surface area contributed by atoms with Crippen LogP contribution in [0.4, 0.5) is 0 Å². The molecule has 2 heteroatoms. The molecule has 0 unspecified atom stereocenters. The summed E-state index contributed by atoms with van der Waals surface area (Å²) in [6.45, 7) is 5.76. The zero-order valence-electron chi connectivity index (χ0n) is 6.28. The predicted octanol–water partition coefficient (Wildman–Crippen LogP) is 2.09. The van der Waals surface area contributed by atoms with Crippen LogP contribution in [0.1, 0.15) is 27.2 Å². The molecule has 0 radical (unpaired) electrons. The van der Waals surface area contributed by atoms with E-state index >= 15 is 0 Å². The number of hydrogen-bond acceptors (Lipinski definition) is 2. The molecule has 2 N–H and O–H groups in total. The molecule has 0 aromatic heterocycles. The van der Waals surface area contributed by atoms with Gasteiger partial charge in [-0.25, -0.2) is 0 Å². The Hall–Kier alpha value is -0.660. The van der Waals surface area contributed by atoms with Gasteiger partial charge in [-0.2, -0.15) is 0 Å². The fourth-order valence-corrected chi connectivity index (χ4v) is 0.561. The Balaban J connectivity index is 3.65. The van der Waals surface area contributed by atoms with E-state index in [-0.39, 0.29) is 0 Å². The topological polar surface area (TPSA) is 47.7 Å². The molecule has 0 fully saturated rings. The summed E-state index contributed by atoms with van der Waals surface area (Å²) in [5.41, 5.74) is 0.855. The fraction of sp³-hybridized carbons (Fsp3) is 0.714. The van der Waals surface area contributed by atoms with Crippen molar-refractivity contribution in [3.8, 4) is 0 Å². The quantitative estimate of drug-likeness (QED) is 0.544. The highest BCUT2D eigenvalue weighted by atomic mass is 14.5. The van der Waals surface area contributed by atoms with Crippen LogP contribution in [0, 0.1) is 16.7 Å². The molecule has 2 nitrogen and oxygen atoms in total. The molecule has 0 amide bonds. The van der Waals surface area contributed by atoms with Gasteiger partial charge in [-0.05, 0) is 19.3 Å². The highest BCUT2D eigenvalue weighted by molar-refractivity contribution is 6.38. The third-order valence-corrected chi connectivity index (χ3v) is 1.07. The van der Waals surface area contributed by atoms with Crippen molar-refractivity contribution in [1.29, 1.82) is 10.8 Å². The summed E-state index contributed by atoms with van der Waals surface area (Å²) in [7, 11) is 0. The lowest BCUT2D eigenvalue weighted by molar-refractivity contribution is 0.685. The van der Waals surface area contributed by atoms with Gasteiger partial charge in [0.05, 0.1) is 5.71 Å². The summed E-state index contributed by atoms with van der Waals surface area (Å²) < 4.78 is 0. The van der Waals surface area contributed by atoms with Crippen molar-refractivity contribution in [2.45, 2.75) is 27.2 Å². The van der Waals surface area contributed by atoms with Crippen LogP contribution < -0.4 is 0 Å². The minimum atomic E-state index is 0.392. The van der Waals surface area contributed by atoms with Crippen LogP contribution in [0.25, 0.3) is 0 Å². The maximum Gasteiger partial charge on any atom is 0.0521 e. The molecule has 0 aromatic rings. The number of nitrogens with one attached hydrogen (secondary N) is 2. The minimum Gasteiger partial charge on any atom is -0.304 e. The fourth-order valence-electron chi connectivity index (χ4n) is 0.561. The zero-order chi connectivity index (χ0) is 7.44. The van der Waals surface area contributed by atoms with Gasteiger partial charge in [-0.15, -0.1) is 0 Å². The van der Waals surface area contributed by atoms with Gasteiger partial charge < -0.3 is 10.8 Å². The second kappa shape index (κ2) is 3.38. The molecule has 0 saturated heterocycles. The van der Waals surface area contributed by atoms with Crippen LogP contribution in [0.3, 0.4) is 0 Å². The highest BCUT2D eigenvalue weighted by Crippen LogP contribution is 2.00. The van der Waals surface area contributed by atoms with E-state index in [4.69, 9.17) is 10.8 Å². The second-order valence-corrected chi connectivity index (χ2v) is 2.70. The van der Waals surface area contributed by atoms with Gasteiger partial charge in [0.15, 0.2) is 0 Å². The Morgan fingerprint density at radius 3 is 1.89 bits per heavy atom. The average molecular weight is 126 g/mol. The van der Waals surface area contributed by atoms with Gasteiger partial charge in [-0.1, -0.05) is 13.8 Å². The van der Waals surface area contributed by atoms with Crippen molar-refractivity contribution >= 4 is 11.4 Å². The molecule has 0 bridgehead atoms. The first-order chi connectivity index (χ1) is 4.04. The molecule has 0 aliphatic rings. The lowest BCUT2D eigenvalue weighted by Gasteiger charge is -2.03. The highest BCUT2D eigenvalue weighted by Gasteiger charge is 2.01. The average Bonchev–Trinajstić information content (AvgIpc) is 1.63. The largest absolute Gasteiger partial charge is 0.304 e. The van der Waals surface area contributed by atoms with E-state index in [9.17, 15) is 0 Å². The van der Waals surface area contributed by atoms with Crippen molar-refractivity contribution < 1.29 is 0 Å². The van der Waals surface area contributed by atoms with Crippen LogP contribution in [0.2, 0.25) is 0 Å². The minimum absolute atomic E-state index is 0.392. The molecule has 52 valence electrons. The lowest BCUT2D eigenvalue weighted by Crippen LogP contribution is -2.09. The molecular formula is C7H14N2. The van der Waals surface area contributed by atoms with Crippen LogP contribution >= 0.6 is 0 Å². The van der Waals surface area contributed by atoms with Crippen molar-refractivity contribution in [2.24, 2.45) is 5.92 Å². The van der Waals surface area contributed by atoms with Gasteiger partial charge >= 0.3 is 0 Å². The number of hydrogen-bond donors (Lipinski definition) is 2. The van der Waals surface area contributed by atoms with E-state index in [1.807, 2.05) is 0 Å². The summed E-state index contributed by atoms with van der Waals surface area (Å²) in [6, 6.07) is 0. The Kier molecular flexibility index (Phi) is 3.13. The molecule has 0 saturated carbocycles. The van der Waals surface area contributed by atoms with E-state index in [0.717, 1.165) is 6.42 Å². The van der Waals surface area contributed by atoms with Crippen LogP contribution in [0.5, 0.6) is 0 Å². The van der Waals surface area contributed by atoms with Gasteiger partial charge in [-0.3, -0.25) is 0 Å². The second-order valence-electron chi connectivity index (χ2n) is 2.70. The standard InChI is InChI=1S/C7H14N2/c1-5(2)4-7(9)6(3)8/h5,8-9H,4H2,1-3H3. The van der Waals surface area contributed by atoms with Crippen molar-refractivity contribution in [3.63, 3.8) is 0 Å². The smallest absolute Gasteiger partial charge is 0.0521 e. The monoisotopic (exact) mass is 126 g/mol. The summed E-state index contributed by atoms with van der Waals surface area (Å²) in [6.07, 6.45) is 0.731. The molecular weight excluding hydrogens is 112 g/mol. The van der Waals surface area contributed by atoms with Crippen LogP contribution in [-0.2, 0) is 0 Å². The van der Waals surface area contributed by atoms with Crippen LogP contribution in [-0.4, -0.2) is 11.4 Å². The normalized spacial score (nSPS) is 9.78. The number of rotatable bonds is 3. The van der Waals surface area contributed by atoms with E-state index < -0.39 is 0 Å². The Bertz CT molecular complexity index is 125. The van der Waals surface area contributed by atoms with Crippen molar-refractivity contribution in [2.75, 3.05) is 0 Å². The maximum absolute atomic E-state index is 7.25. The molecule has 9 heavy (non-hydrogen) atoms. The van der Waals surface area contributed by atoms with E-state index in [1.165, 1.54) is 0 Å². The Labute approximate surface area is 56.3 Å². The molecule has 0 spiro atoms. The lowest BCUT2D eigenvalue weighted by atomic mass is 10.0. The third kappa shape index (κ3) is 3.88. The summed E-state index contributed by atoms with van der Waals surface area (Å²) in [4.78, 5) is 0. The first kappa shape index (κ1) is 8.34. The molecule has 0 heterocycles. The molecule has 0 rings (SSSR count). The van der Waals surface area contributed by atoms with Gasteiger partial charge in [0.25, 0.3) is 0 Å². The van der Waals surface area contributed by atoms with Crippen molar-refractivity contribution in [3.05, 3.63) is 0 Å². The van der Waals surface area contributed by atoms with Gasteiger partial charge in [0.1, 0.15) is 0 Å². The van der Waals surface area contributed by atoms with Gasteiger partial charge in [0.2, 0.25) is 0 Å². The molecule has 0 aliphatic heterocycles. The zero-order valence-corrected chi connectivity index (χ0v) is 6.28. The summed E-state index contributed by atoms with van der Waals surface area (Å²) in [5, 5.41) is 14.3. The van der Waals surface area contributed by atoms with E-state index in [1.54, 1.807) is 6.92 Å². The van der Waals surface area contributed by atoms with E-state index in [2.05, 4.69) is 13.8 Å². The first-order valence-electron chi connectivity index (χ1n) is 3.17. The van der Waals surface area contributed by atoms with Crippen molar-refractivity contribution in [1.82, 2.24) is 0 Å². The molecule has 0 aliphatic carbocycles. The van der Waals surface area contributed by atoms with Gasteiger partial charge in [0, 0.05) is 5.71 Å². The summed E-state index contributed by atoms with van der Waals surface area (Å²) in [5.74, 6) is 0.498. The SMILES string of the molecule is CC(=N)C(=N)CC(C)C. The maximum atomic E-state index is 7.25. The Morgan fingerprint density at radius 2 is 1.78 bits per heavy atom. The summed E-state index contributed by atoms with van der Waals surface area (Å²) >= 11 is 0. The van der Waals surface area contributed by atoms with E-state index in [0.29, 0.717) is 17.3 Å². The first-order valence-corrected chi connectivity index (χ1v) is 3.17. The Morgan fingerprint density at radius 1 is 1.33 bits per heavy atom. The third-order valence-electron chi connectivity index (χ3n) is 1.07. The van der Waals surface area contributed by atoms with Crippen LogP contribution in [0.15, 0.2) is 0 Å². The predicted molar refractivity (Wildman–Crippen MR) is 40.6 cm³/mol.